The van der Waals surface area contributed by atoms with Crippen LogP contribution < -0.4 is 15.6 Å². The lowest BCUT2D eigenvalue weighted by atomic mass is 10.1. The quantitative estimate of drug-likeness (QED) is 0.286. The Labute approximate surface area is 198 Å². The lowest BCUT2D eigenvalue weighted by Crippen LogP contribution is -2.42. The van der Waals surface area contributed by atoms with E-state index in [1.165, 1.54) is 30.3 Å². The number of hydrazine groups is 1. The van der Waals surface area contributed by atoms with E-state index in [-0.39, 0.29) is 16.0 Å². The standard InChI is InChI=1S/C25H22N4O4S/c1-17-11-12-23(18(2)13-17)29-34(32,33)22-10-6-9-20(15-22)24(30)27-28-25(31)21(16-26)14-19-7-4-3-5-8-19/h3-15,29H,1-2H3,(H,27,30)(H,28,31). The summed E-state index contributed by atoms with van der Waals surface area (Å²) in [7, 11) is -3.96. The maximum atomic E-state index is 12.8. The Kier molecular flexibility index (Phi) is 7.46. The predicted octanol–water partition coefficient (Wildman–Crippen LogP) is 3.47. The van der Waals surface area contributed by atoms with Gasteiger partial charge in [-0.3, -0.25) is 25.2 Å². The molecule has 0 fully saturated rings. The highest BCUT2D eigenvalue weighted by Crippen LogP contribution is 2.21. The van der Waals surface area contributed by atoms with Gasteiger partial charge in [-0.15, -0.1) is 0 Å². The first-order valence-electron chi connectivity index (χ1n) is 10.2. The summed E-state index contributed by atoms with van der Waals surface area (Å²) < 4.78 is 28.2. The molecule has 0 aromatic heterocycles. The smallest absolute Gasteiger partial charge is 0.279 e. The summed E-state index contributed by atoms with van der Waals surface area (Å²) in [5.74, 6) is -1.55. The van der Waals surface area contributed by atoms with Crippen molar-refractivity contribution in [3.63, 3.8) is 0 Å². The third-order valence-corrected chi connectivity index (χ3v) is 6.16. The van der Waals surface area contributed by atoms with Crippen LogP contribution in [0.2, 0.25) is 0 Å². The first-order chi connectivity index (χ1) is 16.2. The zero-order chi connectivity index (χ0) is 24.7. The molecule has 0 bridgehead atoms. The number of nitrogens with one attached hydrogen (secondary N) is 3. The lowest BCUT2D eigenvalue weighted by molar-refractivity contribution is -0.117. The molecule has 0 aliphatic carbocycles. The number of aryl methyl sites for hydroxylation is 2. The van der Waals surface area contributed by atoms with E-state index in [9.17, 15) is 23.3 Å². The average molecular weight is 475 g/mol. The van der Waals surface area contributed by atoms with Crippen LogP contribution in [0.4, 0.5) is 5.69 Å². The molecule has 2 amide bonds. The Hall–Kier alpha value is -4.42. The monoisotopic (exact) mass is 474 g/mol. The van der Waals surface area contributed by atoms with Crippen LogP contribution in [0.25, 0.3) is 6.08 Å². The minimum atomic E-state index is -3.96. The molecule has 9 heteroatoms. The van der Waals surface area contributed by atoms with Gasteiger partial charge in [0.2, 0.25) is 0 Å². The lowest BCUT2D eigenvalue weighted by Gasteiger charge is -2.12. The summed E-state index contributed by atoms with van der Waals surface area (Å²) in [4.78, 5) is 24.7. The van der Waals surface area contributed by atoms with Crippen molar-refractivity contribution >= 4 is 33.6 Å². The van der Waals surface area contributed by atoms with Gasteiger partial charge >= 0.3 is 0 Å². The van der Waals surface area contributed by atoms with E-state index in [4.69, 9.17) is 0 Å². The maximum absolute atomic E-state index is 12.8. The Bertz CT molecular complexity index is 1410. The molecule has 34 heavy (non-hydrogen) atoms. The largest absolute Gasteiger partial charge is 0.280 e. The van der Waals surface area contributed by atoms with Crippen molar-refractivity contribution in [2.75, 3.05) is 4.72 Å². The van der Waals surface area contributed by atoms with E-state index in [0.29, 0.717) is 11.3 Å². The molecule has 0 aliphatic heterocycles. The topological polar surface area (TPSA) is 128 Å². The van der Waals surface area contributed by atoms with Crippen LogP contribution in [-0.2, 0) is 14.8 Å². The average Bonchev–Trinajstić information content (AvgIpc) is 2.83. The summed E-state index contributed by atoms with van der Waals surface area (Å²) >= 11 is 0. The van der Waals surface area contributed by atoms with Gasteiger partial charge < -0.3 is 0 Å². The number of hydrogen-bond acceptors (Lipinski definition) is 5. The van der Waals surface area contributed by atoms with E-state index < -0.39 is 21.8 Å². The van der Waals surface area contributed by atoms with E-state index >= 15 is 0 Å². The van der Waals surface area contributed by atoms with Crippen molar-refractivity contribution in [2.45, 2.75) is 18.7 Å². The minimum Gasteiger partial charge on any atom is -0.279 e. The van der Waals surface area contributed by atoms with Crippen molar-refractivity contribution in [2.24, 2.45) is 0 Å². The molecule has 0 radical (unpaired) electrons. The van der Waals surface area contributed by atoms with Crippen molar-refractivity contribution in [3.05, 3.63) is 101 Å². The maximum Gasteiger partial charge on any atom is 0.280 e. The second-order valence-electron chi connectivity index (χ2n) is 7.44. The SMILES string of the molecule is Cc1ccc(NS(=O)(=O)c2cccc(C(=O)NNC(=O)C(C#N)=Cc3ccccc3)c2)c(C)c1. The van der Waals surface area contributed by atoms with Gasteiger partial charge in [0.05, 0.1) is 10.6 Å². The molecule has 0 spiro atoms. The van der Waals surface area contributed by atoms with Crippen LogP contribution in [0.3, 0.4) is 0 Å². The molecule has 3 aromatic carbocycles. The van der Waals surface area contributed by atoms with Crippen LogP contribution >= 0.6 is 0 Å². The normalized spacial score (nSPS) is 11.3. The van der Waals surface area contributed by atoms with Gasteiger partial charge in [-0.25, -0.2) is 8.42 Å². The van der Waals surface area contributed by atoms with Crippen molar-refractivity contribution in [1.82, 2.24) is 10.9 Å². The second kappa shape index (κ2) is 10.5. The molecule has 3 aromatic rings. The molecule has 3 N–H and O–H groups in total. The fourth-order valence-electron chi connectivity index (χ4n) is 3.05. The highest BCUT2D eigenvalue weighted by atomic mass is 32.2. The molecule has 0 saturated heterocycles. The van der Waals surface area contributed by atoms with Crippen LogP contribution in [0, 0.1) is 25.2 Å². The summed E-state index contributed by atoms with van der Waals surface area (Å²) in [5, 5.41) is 9.26. The zero-order valence-corrected chi connectivity index (χ0v) is 19.3. The fourth-order valence-corrected chi connectivity index (χ4v) is 4.23. The van der Waals surface area contributed by atoms with Crippen LogP contribution in [0.1, 0.15) is 27.0 Å². The number of sulfonamides is 1. The van der Waals surface area contributed by atoms with Gasteiger partial charge in [-0.1, -0.05) is 54.1 Å². The highest BCUT2D eigenvalue weighted by molar-refractivity contribution is 7.92. The number of carbonyl (C=O) groups is 2. The summed E-state index contributed by atoms with van der Waals surface area (Å²) in [6.07, 6.45) is 1.38. The number of benzene rings is 3. The Morgan fingerprint density at radius 2 is 1.65 bits per heavy atom. The Morgan fingerprint density at radius 1 is 0.912 bits per heavy atom. The minimum absolute atomic E-state index is 0.00866. The molecule has 8 nitrogen and oxygen atoms in total. The number of nitriles is 1. The summed E-state index contributed by atoms with van der Waals surface area (Å²) in [6.45, 7) is 3.70. The second-order valence-corrected chi connectivity index (χ2v) is 9.12. The van der Waals surface area contributed by atoms with Gasteiger partial charge in [0.15, 0.2) is 0 Å². The fraction of sp³-hybridized carbons (Fsp3) is 0.0800. The van der Waals surface area contributed by atoms with Crippen molar-refractivity contribution in [1.29, 1.82) is 5.26 Å². The summed E-state index contributed by atoms with van der Waals surface area (Å²) in [6, 6.07) is 21.2. The molecule has 0 atom stereocenters. The molecule has 0 heterocycles. The number of amides is 2. The molecule has 172 valence electrons. The Morgan fingerprint density at radius 3 is 2.32 bits per heavy atom. The van der Waals surface area contributed by atoms with E-state index in [0.717, 1.165) is 11.1 Å². The number of hydrogen-bond donors (Lipinski definition) is 3. The highest BCUT2D eigenvalue weighted by Gasteiger charge is 2.18. The van der Waals surface area contributed by atoms with Gasteiger partial charge in [0, 0.05) is 5.56 Å². The first kappa shape index (κ1) is 24.2. The van der Waals surface area contributed by atoms with Crippen LogP contribution in [-0.4, -0.2) is 20.2 Å². The van der Waals surface area contributed by atoms with E-state index in [1.54, 1.807) is 55.5 Å². The predicted molar refractivity (Wildman–Crippen MR) is 129 cm³/mol. The number of carbonyl (C=O) groups excluding carboxylic acids is 2. The zero-order valence-electron chi connectivity index (χ0n) is 18.5. The van der Waals surface area contributed by atoms with Gasteiger partial charge in [0.1, 0.15) is 11.6 Å². The third-order valence-electron chi connectivity index (χ3n) is 4.80. The third kappa shape index (κ3) is 6.09. The van der Waals surface area contributed by atoms with Crippen LogP contribution in [0.5, 0.6) is 0 Å². The van der Waals surface area contributed by atoms with E-state index in [2.05, 4.69) is 15.6 Å². The van der Waals surface area contributed by atoms with Gasteiger partial charge in [-0.05, 0) is 55.3 Å². The molecule has 3 rings (SSSR count). The van der Waals surface area contributed by atoms with Crippen molar-refractivity contribution < 1.29 is 18.0 Å². The molecule has 0 unspecified atom stereocenters. The number of anilines is 1. The molecular weight excluding hydrogens is 452 g/mol. The summed E-state index contributed by atoms with van der Waals surface area (Å²) in [5.41, 5.74) is 7.01. The molecular formula is C25H22N4O4S. The molecule has 0 saturated carbocycles. The van der Waals surface area contributed by atoms with E-state index in [1.807, 2.05) is 13.0 Å². The number of rotatable bonds is 6. The van der Waals surface area contributed by atoms with Crippen molar-refractivity contribution in [3.8, 4) is 6.07 Å². The number of nitrogens with zero attached hydrogens (tertiary/aromatic N) is 1. The van der Waals surface area contributed by atoms with Gasteiger partial charge in [-0.2, -0.15) is 5.26 Å². The first-order valence-corrected chi connectivity index (χ1v) is 11.7. The Balaban J connectivity index is 1.71. The van der Waals surface area contributed by atoms with Crippen LogP contribution in [0.15, 0.2) is 83.3 Å². The van der Waals surface area contributed by atoms with Gasteiger partial charge in [0.25, 0.3) is 21.8 Å². The molecule has 0 aliphatic rings.